The number of nitrogens with zero attached hydrogens (tertiary/aromatic N) is 3. The van der Waals surface area contributed by atoms with Gasteiger partial charge in [-0.3, -0.25) is 9.89 Å². The molecule has 100 valence electrons. The second-order valence-electron chi connectivity index (χ2n) is 4.31. The minimum absolute atomic E-state index is 0.000321. The normalized spacial score (nSPS) is 10.4. The summed E-state index contributed by atoms with van der Waals surface area (Å²) in [4.78, 5) is 17.5. The SMILES string of the molecule is CN(Cc1ncn[nH]1)C(=O)CCc1ccccc1O. The van der Waals surface area contributed by atoms with E-state index in [0.717, 1.165) is 5.56 Å². The van der Waals surface area contributed by atoms with Gasteiger partial charge >= 0.3 is 0 Å². The van der Waals surface area contributed by atoms with Gasteiger partial charge in [-0.1, -0.05) is 18.2 Å². The molecule has 0 saturated heterocycles. The van der Waals surface area contributed by atoms with E-state index in [1.807, 2.05) is 12.1 Å². The Morgan fingerprint density at radius 3 is 2.89 bits per heavy atom. The summed E-state index contributed by atoms with van der Waals surface area (Å²) in [5, 5.41) is 16.1. The molecule has 0 spiro atoms. The molecule has 0 bridgehead atoms. The first-order valence-corrected chi connectivity index (χ1v) is 6.02. The molecule has 0 atom stereocenters. The van der Waals surface area contributed by atoms with Crippen molar-refractivity contribution in [3.05, 3.63) is 42.0 Å². The van der Waals surface area contributed by atoms with Crippen molar-refractivity contribution in [3.63, 3.8) is 0 Å². The number of aromatic hydroxyl groups is 1. The van der Waals surface area contributed by atoms with Crippen molar-refractivity contribution in [3.8, 4) is 5.75 Å². The van der Waals surface area contributed by atoms with E-state index >= 15 is 0 Å². The quantitative estimate of drug-likeness (QED) is 0.843. The molecule has 1 aromatic heterocycles. The van der Waals surface area contributed by atoms with Gasteiger partial charge in [0, 0.05) is 13.5 Å². The van der Waals surface area contributed by atoms with Gasteiger partial charge in [-0.05, 0) is 18.1 Å². The van der Waals surface area contributed by atoms with E-state index in [9.17, 15) is 9.90 Å². The van der Waals surface area contributed by atoms with E-state index in [4.69, 9.17) is 0 Å². The van der Waals surface area contributed by atoms with E-state index in [1.165, 1.54) is 6.33 Å². The van der Waals surface area contributed by atoms with Gasteiger partial charge < -0.3 is 10.0 Å². The van der Waals surface area contributed by atoms with Crippen molar-refractivity contribution < 1.29 is 9.90 Å². The number of hydrogen-bond acceptors (Lipinski definition) is 4. The van der Waals surface area contributed by atoms with Crippen LogP contribution < -0.4 is 0 Å². The van der Waals surface area contributed by atoms with Gasteiger partial charge in [-0.25, -0.2) is 4.98 Å². The van der Waals surface area contributed by atoms with Gasteiger partial charge in [-0.2, -0.15) is 5.10 Å². The summed E-state index contributed by atoms with van der Waals surface area (Å²) < 4.78 is 0. The number of H-pyrrole nitrogens is 1. The molecule has 1 aromatic carbocycles. The highest BCUT2D eigenvalue weighted by molar-refractivity contribution is 5.76. The second-order valence-corrected chi connectivity index (χ2v) is 4.31. The molecule has 6 nitrogen and oxygen atoms in total. The first-order valence-electron chi connectivity index (χ1n) is 6.02. The molecule has 1 heterocycles. The number of nitrogens with one attached hydrogen (secondary N) is 1. The average molecular weight is 260 g/mol. The van der Waals surface area contributed by atoms with E-state index < -0.39 is 0 Å². The molecule has 0 aliphatic carbocycles. The zero-order valence-electron chi connectivity index (χ0n) is 10.7. The highest BCUT2D eigenvalue weighted by Gasteiger charge is 2.11. The smallest absolute Gasteiger partial charge is 0.223 e. The van der Waals surface area contributed by atoms with Gasteiger partial charge in [0.2, 0.25) is 5.91 Å². The molecule has 2 rings (SSSR count). The first-order chi connectivity index (χ1) is 9.16. The van der Waals surface area contributed by atoms with Crippen LogP contribution in [0.1, 0.15) is 17.8 Å². The number of carbonyl (C=O) groups is 1. The van der Waals surface area contributed by atoms with Crippen molar-refractivity contribution >= 4 is 5.91 Å². The summed E-state index contributed by atoms with van der Waals surface area (Å²) in [5.41, 5.74) is 0.781. The maximum Gasteiger partial charge on any atom is 0.223 e. The summed E-state index contributed by atoms with van der Waals surface area (Å²) >= 11 is 0. The molecular weight excluding hydrogens is 244 g/mol. The predicted octanol–water partition coefficient (Wildman–Crippen LogP) is 1.10. The van der Waals surface area contributed by atoms with Crippen LogP contribution in [0.2, 0.25) is 0 Å². The maximum absolute atomic E-state index is 11.9. The predicted molar refractivity (Wildman–Crippen MR) is 69.3 cm³/mol. The van der Waals surface area contributed by atoms with Crippen molar-refractivity contribution in [2.45, 2.75) is 19.4 Å². The lowest BCUT2D eigenvalue weighted by Gasteiger charge is -2.15. The summed E-state index contributed by atoms with van der Waals surface area (Å²) in [6.07, 6.45) is 2.28. The highest BCUT2D eigenvalue weighted by atomic mass is 16.3. The summed E-state index contributed by atoms with van der Waals surface area (Å²) in [6, 6.07) is 7.05. The summed E-state index contributed by atoms with van der Waals surface area (Å²) in [6.45, 7) is 0.402. The van der Waals surface area contributed by atoms with E-state index in [1.54, 1.807) is 24.1 Å². The molecule has 0 aliphatic heterocycles. The number of aryl methyl sites for hydroxylation is 1. The Morgan fingerprint density at radius 2 is 2.21 bits per heavy atom. The van der Waals surface area contributed by atoms with Crippen LogP contribution in [0.25, 0.3) is 0 Å². The average Bonchev–Trinajstić information content (AvgIpc) is 2.90. The van der Waals surface area contributed by atoms with Gasteiger partial charge in [0.1, 0.15) is 17.9 Å². The standard InChI is InChI=1S/C13H16N4O2/c1-17(8-12-14-9-15-16-12)13(19)7-6-10-4-2-3-5-11(10)18/h2-5,9,18H,6-8H2,1H3,(H,14,15,16). The maximum atomic E-state index is 11.9. The van der Waals surface area contributed by atoms with Crippen LogP contribution in [0.15, 0.2) is 30.6 Å². The summed E-state index contributed by atoms with van der Waals surface area (Å²) in [5.74, 6) is 0.881. The molecule has 0 saturated carbocycles. The monoisotopic (exact) mass is 260 g/mol. The number of phenolic OH excluding ortho intramolecular Hbond substituents is 1. The van der Waals surface area contributed by atoms with Crippen LogP contribution in [0.5, 0.6) is 5.75 Å². The van der Waals surface area contributed by atoms with Crippen LogP contribution in [-0.2, 0) is 17.8 Å². The number of para-hydroxylation sites is 1. The molecule has 0 radical (unpaired) electrons. The van der Waals surface area contributed by atoms with Crippen LogP contribution in [0, 0.1) is 0 Å². The lowest BCUT2D eigenvalue weighted by molar-refractivity contribution is -0.130. The Morgan fingerprint density at radius 1 is 1.42 bits per heavy atom. The van der Waals surface area contributed by atoms with Crippen LogP contribution in [0.3, 0.4) is 0 Å². The number of hydrogen-bond donors (Lipinski definition) is 2. The molecule has 1 amide bonds. The van der Waals surface area contributed by atoms with Gasteiger partial charge in [-0.15, -0.1) is 0 Å². The van der Waals surface area contributed by atoms with Gasteiger partial charge in [0.25, 0.3) is 0 Å². The fourth-order valence-corrected chi connectivity index (χ4v) is 1.77. The first kappa shape index (κ1) is 13.1. The number of rotatable bonds is 5. The fourth-order valence-electron chi connectivity index (χ4n) is 1.77. The zero-order chi connectivity index (χ0) is 13.7. The molecule has 0 aliphatic rings. The Hall–Kier alpha value is -2.37. The largest absolute Gasteiger partial charge is 0.508 e. The number of phenols is 1. The second kappa shape index (κ2) is 5.99. The molecule has 0 fully saturated rings. The molecule has 2 N–H and O–H groups in total. The molecule has 2 aromatic rings. The number of amides is 1. The lowest BCUT2D eigenvalue weighted by atomic mass is 10.1. The van der Waals surface area contributed by atoms with Crippen LogP contribution in [0.4, 0.5) is 0 Å². The zero-order valence-corrected chi connectivity index (χ0v) is 10.7. The fraction of sp³-hybridized carbons (Fsp3) is 0.308. The summed E-state index contributed by atoms with van der Waals surface area (Å²) in [7, 11) is 1.72. The number of aromatic amines is 1. The topological polar surface area (TPSA) is 82.1 Å². The Balaban J connectivity index is 1.86. The Kier molecular flexibility index (Phi) is 4.12. The minimum Gasteiger partial charge on any atom is -0.508 e. The third kappa shape index (κ3) is 3.54. The minimum atomic E-state index is -0.000321. The van der Waals surface area contributed by atoms with Crippen molar-refractivity contribution in [2.75, 3.05) is 7.05 Å². The molecule has 0 unspecified atom stereocenters. The number of aromatic nitrogens is 3. The van der Waals surface area contributed by atoms with E-state index in [-0.39, 0.29) is 11.7 Å². The van der Waals surface area contributed by atoms with Crippen LogP contribution in [-0.4, -0.2) is 38.1 Å². The Labute approximate surface area is 111 Å². The third-order valence-electron chi connectivity index (χ3n) is 2.88. The van der Waals surface area contributed by atoms with Crippen LogP contribution >= 0.6 is 0 Å². The van der Waals surface area contributed by atoms with E-state index in [2.05, 4.69) is 15.2 Å². The van der Waals surface area contributed by atoms with Gasteiger partial charge in [0.15, 0.2) is 0 Å². The van der Waals surface area contributed by atoms with E-state index in [0.29, 0.717) is 25.2 Å². The van der Waals surface area contributed by atoms with Gasteiger partial charge in [0.05, 0.1) is 6.54 Å². The molecular formula is C13H16N4O2. The van der Waals surface area contributed by atoms with Crippen molar-refractivity contribution in [1.29, 1.82) is 0 Å². The Bertz CT molecular complexity index is 539. The van der Waals surface area contributed by atoms with Crippen molar-refractivity contribution in [2.24, 2.45) is 0 Å². The highest BCUT2D eigenvalue weighted by Crippen LogP contribution is 2.17. The lowest BCUT2D eigenvalue weighted by Crippen LogP contribution is -2.26. The van der Waals surface area contributed by atoms with Crippen molar-refractivity contribution in [1.82, 2.24) is 20.1 Å². The number of benzene rings is 1. The number of carbonyl (C=O) groups excluding carboxylic acids is 1. The molecule has 19 heavy (non-hydrogen) atoms. The third-order valence-corrected chi connectivity index (χ3v) is 2.88. The molecule has 6 heteroatoms.